The maximum absolute atomic E-state index is 7.41. The second-order valence-corrected chi connectivity index (χ2v) is 4.53. The molecule has 1 heteroatoms. The molecule has 0 aliphatic rings. The van der Waals surface area contributed by atoms with Crippen LogP contribution in [0, 0.1) is 6.90 Å². The first-order chi connectivity index (χ1) is 10.3. The van der Waals surface area contributed by atoms with Crippen LogP contribution in [0.15, 0.2) is 60.8 Å². The molecule has 0 aliphatic heterocycles. The van der Waals surface area contributed by atoms with E-state index < -0.39 is 0 Å². The minimum Gasteiger partial charge on any atom is -0.256 e. The third-order valence-corrected chi connectivity index (χ3v) is 3.05. The first kappa shape index (κ1) is 12.9. The van der Waals surface area contributed by atoms with Gasteiger partial charge in [0.15, 0.2) is 0 Å². The van der Waals surface area contributed by atoms with Crippen molar-refractivity contribution in [1.82, 2.24) is 4.98 Å². The fourth-order valence-electron chi connectivity index (χ4n) is 2.17. The number of nitrogens with zero attached hydrogens (tertiary/aromatic N) is 1. The fraction of sp³-hybridized carbons (Fsp3) is 0.211. The number of rotatable bonds is 2. The van der Waals surface area contributed by atoms with E-state index in [1.54, 1.807) is 6.20 Å². The van der Waals surface area contributed by atoms with Crippen LogP contribution in [-0.4, -0.2) is 4.98 Å². The van der Waals surface area contributed by atoms with Crippen LogP contribution in [0.2, 0.25) is 0 Å². The highest BCUT2D eigenvalue weighted by Crippen LogP contribution is 2.17. The lowest BCUT2D eigenvalue weighted by molar-refractivity contribution is 1.20. The summed E-state index contributed by atoms with van der Waals surface area (Å²) in [6.45, 7) is 4.28. The van der Waals surface area contributed by atoms with Gasteiger partial charge in [-0.25, -0.2) is 0 Å². The Balaban J connectivity index is 0.000000774. The molecule has 1 aromatic heterocycles. The van der Waals surface area contributed by atoms with Gasteiger partial charge < -0.3 is 0 Å². The van der Waals surface area contributed by atoms with Crippen molar-refractivity contribution < 1.29 is 1.37 Å². The lowest BCUT2D eigenvalue weighted by Gasteiger charge is -2.04. The second-order valence-electron chi connectivity index (χ2n) is 4.53. The molecular formula is C19H21N. The largest absolute Gasteiger partial charge is 0.256 e. The first-order valence-electron chi connectivity index (χ1n) is 7.76. The average Bonchev–Trinajstić information content (AvgIpc) is 2.57. The van der Waals surface area contributed by atoms with Crippen molar-refractivity contribution in [3.63, 3.8) is 0 Å². The molecule has 0 radical (unpaired) electrons. The summed E-state index contributed by atoms with van der Waals surface area (Å²) >= 11 is 0. The van der Waals surface area contributed by atoms with E-state index in [-0.39, 0.29) is 6.90 Å². The van der Waals surface area contributed by atoms with Gasteiger partial charge in [-0.3, -0.25) is 4.98 Å². The Morgan fingerprint density at radius 1 is 0.950 bits per heavy atom. The van der Waals surface area contributed by atoms with E-state index in [0.29, 0.717) is 0 Å². The van der Waals surface area contributed by atoms with Gasteiger partial charge in [0.1, 0.15) is 0 Å². The molecule has 0 saturated heterocycles. The molecule has 1 heterocycles. The molecular weight excluding hydrogens is 242 g/mol. The van der Waals surface area contributed by atoms with Crippen LogP contribution < -0.4 is 0 Å². The van der Waals surface area contributed by atoms with Gasteiger partial charge in [0.2, 0.25) is 0 Å². The van der Waals surface area contributed by atoms with Crippen LogP contribution >= 0.6 is 0 Å². The molecule has 20 heavy (non-hydrogen) atoms. The van der Waals surface area contributed by atoms with Crippen LogP contribution in [0.3, 0.4) is 0 Å². The summed E-state index contributed by atoms with van der Waals surface area (Å²) in [5.41, 5.74) is 4.55. The maximum Gasteiger partial charge on any atom is 0.0702 e. The van der Waals surface area contributed by atoms with E-state index in [0.717, 1.165) is 22.9 Å². The molecule has 0 saturated carbocycles. The highest BCUT2D eigenvalue weighted by molar-refractivity contribution is 5.79. The van der Waals surface area contributed by atoms with Crippen LogP contribution in [0.5, 0.6) is 0 Å². The lowest BCUT2D eigenvalue weighted by Crippen LogP contribution is -1.89. The summed E-state index contributed by atoms with van der Waals surface area (Å²) in [5, 5.41) is 1.12. The van der Waals surface area contributed by atoms with Gasteiger partial charge in [-0.05, 0) is 48.2 Å². The van der Waals surface area contributed by atoms with E-state index in [4.69, 9.17) is 1.37 Å². The van der Waals surface area contributed by atoms with Crippen molar-refractivity contribution in [3.05, 3.63) is 77.5 Å². The molecule has 0 fully saturated rings. The maximum atomic E-state index is 7.41. The summed E-state index contributed by atoms with van der Waals surface area (Å²) in [7, 11) is 0. The molecule has 102 valence electrons. The molecule has 0 atom stereocenters. The second kappa shape index (κ2) is 6.85. The Bertz CT molecular complexity index is 692. The minimum atomic E-state index is 0.284. The molecule has 0 aliphatic carbocycles. The Morgan fingerprint density at radius 3 is 2.50 bits per heavy atom. The predicted octanol–water partition coefficient (Wildman–Crippen LogP) is 5.16. The molecule has 0 unspecified atom stereocenters. The molecule has 1 nitrogen and oxygen atoms in total. The number of pyridine rings is 1. The van der Waals surface area contributed by atoms with Gasteiger partial charge in [-0.15, -0.1) is 0 Å². The van der Waals surface area contributed by atoms with Crippen molar-refractivity contribution in [1.29, 1.82) is 0 Å². The summed E-state index contributed by atoms with van der Waals surface area (Å²) in [4.78, 5) is 4.38. The molecule has 2 aromatic carbocycles. The number of hydrogen-bond acceptors (Lipinski definition) is 1. The number of hydrogen-bond donors (Lipinski definition) is 0. The summed E-state index contributed by atoms with van der Waals surface area (Å²) in [6, 6.07) is 18.9. The van der Waals surface area contributed by atoms with Gasteiger partial charge in [-0.2, -0.15) is 0 Å². The number of fused-ring (bicyclic) bond motifs is 1. The van der Waals surface area contributed by atoms with Crippen molar-refractivity contribution in [2.45, 2.75) is 27.2 Å². The quantitative estimate of drug-likeness (QED) is 0.623. The van der Waals surface area contributed by atoms with Crippen LogP contribution in [0.1, 0.15) is 31.9 Å². The zero-order valence-corrected chi connectivity index (χ0v) is 12.1. The molecule has 0 amide bonds. The Labute approximate surface area is 122 Å². The van der Waals surface area contributed by atoms with E-state index in [9.17, 15) is 0 Å². The standard InChI is InChI=1S/C17H15N.C2H6/c1-13-9-16-11-15(7-8-17(16)18-12-13)10-14-5-3-2-4-6-14;1-2/h2-9,11-12H,10H2,1H3;1-2H3/i1D;. The summed E-state index contributed by atoms with van der Waals surface area (Å²) in [6.07, 6.45) is 2.72. The van der Waals surface area contributed by atoms with Gasteiger partial charge in [0.05, 0.1) is 5.52 Å². The lowest BCUT2D eigenvalue weighted by atomic mass is 10.0. The number of benzene rings is 2. The Morgan fingerprint density at radius 2 is 1.75 bits per heavy atom. The van der Waals surface area contributed by atoms with E-state index in [1.807, 2.05) is 19.9 Å². The monoisotopic (exact) mass is 264 g/mol. The van der Waals surface area contributed by atoms with Crippen molar-refractivity contribution in [2.24, 2.45) is 0 Å². The van der Waals surface area contributed by atoms with Gasteiger partial charge in [0.25, 0.3) is 0 Å². The van der Waals surface area contributed by atoms with Gasteiger partial charge >= 0.3 is 0 Å². The van der Waals surface area contributed by atoms with E-state index in [2.05, 4.69) is 53.5 Å². The number of aromatic nitrogens is 1. The van der Waals surface area contributed by atoms with Crippen LogP contribution in [-0.2, 0) is 6.42 Å². The highest BCUT2D eigenvalue weighted by atomic mass is 14.6. The van der Waals surface area contributed by atoms with Crippen LogP contribution in [0.25, 0.3) is 10.9 Å². The molecule has 0 N–H and O–H groups in total. The van der Waals surface area contributed by atoms with Gasteiger partial charge in [0, 0.05) is 13.0 Å². The SMILES string of the molecule is CC.[2H]Cc1cnc2ccc(Cc3ccccc3)cc2c1. The van der Waals surface area contributed by atoms with E-state index in [1.165, 1.54) is 11.1 Å². The number of aryl methyl sites for hydroxylation is 1. The zero-order chi connectivity index (χ0) is 15.1. The Kier molecular flexibility index (Phi) is 4.41. The van der Waals surface area contributed by atoms with Crippen molar-refractivity contribution >= 4 is 10.9 Å². The first-order valence-corrected chi connectivity index (χ1v) is 7.06. The molecule has 0 bridgehead atoms. The third-order valence-electron chi connectivity index (χ3n) is 3.05. The van der Waals surface area contributed by atoms with Crippen molar-refractivity contribution in [2.75, 3.05) is 0 Å². The predicted molar refractivity (Wildman–Crippen MR) is 87.1 cm³/mol. The normalized spacial score (nSPS) is 10.6. The summed E-state index contributed by atoms with van der Waals surface area (Å²) < 4.78 is 7.41. The average molecular weight is 264 g/mol. The van der Waals surface area contributed by atoms with Crippen molar-refractivity contribution in [3.8, 4) is 0 Å². The molecule has 0 spiro atoms. The minimum absolute atomic E-state index is 0.284. The van der Waals surface area contributed by atoms with Gasteiger partial charge in [-0.1, -0.05) is 50.2 Å². The zero-order valence-electron chi connectivity index (χ0n) is 13.1. The summed E-state index contributed by atoms with van der Waals surface area (Å²) in [5.74, 6) is 0. The Hall–Kier alpha value is -2.15. The smallest absolute Gasteiger partial charge is 0.0702 e. The fourth-order valence-corrected chi connectivity index (χ4v) is 2.17. The molecule has 3 rings (SSSR count). The topological polar surface area (TPSA) is 12.9 Å². The van der Waals surface area contributed by atoms with E-state index >= 15 is 0 Å². The van der Waals surface area contributed by atoms with Crippen LogP contribution in [0.4, 0.5) is 0 Å². The third kappa shape index (κ3) is 3.45. The molecule has 3 aromatic rings. The highest BCUT2D eigenvalue weighted by Gasteiger charge is 1.99.